The van der Waals surface area contributed by atoms with Crippen LogP contribution in [0.1, 0.15) is 31.1 Å². The van der Waals surface area contributed by atoms with E-state index < -0.39 is 11.0 Å². The van der Waals surface area contributed by atoms with Gasteiger partial charge >= 0.3 is 0 Å². The van der Waals surface area contributed by atoms with Gasteiger partial charge in [-0.25, -0.2) is 0 Å². The van der Waals surface area contributed by atoms with Crippen LogP contribution in [0.25, 0.3) is 0 Å². The number of piperazine rings is 1. The van der Waals surface area contributed by atoms with Gasteiger partial charge in [-0.05, 0) is 25.0 Å². The number of ether oxygens (including phenoxy) is 1. The van der Waals surface area contributed by atoms with Gasteiger partial charge in [-0.2, -0.15) is 0 Å². The van der Waals surface area contributed by atoms with E-state index in [0.29, 0.717) is 44.4 Å². The van der Waals surface area contributed by atoms with Gasteiger partial charge in [-0.15, -0.1) is 0 Å². The van der Waals surface area contributed by atoms with Crippen molar-refractivity contribution in [3.63, 3.8) is 0 Å². The third kappa shape index (κ3) is 4.98. The molecule has 154 valence electrons. The summed E-state index contributed by atoms with van der Waals surface area (Å²) in [5.41, 5.74) is 0.338. The molecule has 0 unspecified atom stereocenters. The van der Waals surface area contributed by atoms with Gasteiger partial charge in [0.1, 0.15) is 11.7 Å². The van der Waals surface area contributed by atoms with Crippen LogP contribution in [0.5, 0.6) is 0 Å². The van der Waals surface area contributed by atoms with E-state index in [2.05, 4.69) is 5.32 Å². The highest BCUT2D eigenvalue weighted by Crippen LogP contribution is 2.27. The number of amides is 2. The molecule has 28 heavy (non-hydrogen) atoms. The van der Waals surface area contributed by atoms with E-state index >= 15 is 0 Å². The second kappa shape index (κ2) is 9.50. The molecule has 0 radical (unpaired) electrons. The summed E-state index contributed by atoms with van der Waals surface area (Å²) in [6.07, 6.45) is 0. The van der Waals surface area contributed by atoms with Gasteiger partial charge in [-0.3, -0.25) is 19.7 Å². The topological polar surface area (TPSA) is 105 Å². The molecule has 2 amide bonds. The molecule has 1 saturated heterocycles. The predicted octanol–water partition coefficient (Wildman–Crippen LogP) is 1.98. The maximum absolute atomic E-state index is 12.9. The molecule has 1 fully saturated rings. The summed E-state index contributed by atoms with van der Waals surface area (Å²) in [6, 6.07) is 3.72. The number of hydrogen-bond acceptors (Lipinski definition) is 6. The van der Waals surface area contributed by atoms with Crippen molar-refractivity contribution in [2.45, 2.75) is 26.8 Å². The lowest BCUT2D eigenvalue weighted by Crippen LogP contribution is -2.58. The van der Waals surface area contributed by atoms with Gasteiger partial charge in [0, 0.05) is 44.9 Å². The molecule has 2 rings (SSSR count). The highest BCUT2D eigenvalue weighted by molar-refractivity contribution is 5.99. The summed E-state index contributed by atoms with van der Waals surface area (Å²) in [5, 5.41) is 14.3. The van der Waals surface area contributed by atoms with Gasteiger partial charge in [0.15, 0.2) is 0 Å². The van der Waals surface area contributed by atoms with Crippen molar-refractivity contribution in [2.24, 2.45) is 5.92 Å². The van der Waals surface area contributed by atoms with Gasteiger partial charge < -0.3 is 19.9 Å². The van der Waals surface area contributed by atoms with Gasteiger partial charge in [0.25, 0.3) is 11.6 Å². The number of nitro groups is 1. The molecule has 1 aromatic carbocycles. The Morgan fingerprint density at radius 3 is 2.71 bits per heavy atom. The van der Waals surface area contributed by atoms with Crippen molar-refractivity contribution in [1.29, 1.82) is 0 Å². The maximum atomic E-state index is 12.9. The van der Waals surface area contributed by atoms with Crippen LogP contribution < -0.4 is 5.32 Å². The molecule has 9 heteroatoms. The molecule has 0 aromatic heterocycles. The monoisotopic (exact) mass is 392 g/mol. The summed E-state index contributed by atoms with van der Waals surface area (Å²) in [4.78, 5) is 39.6. The van der Waals surface area contributed by atoms with E-state index in [1.807, 2.05) is 13.8 Å². The van der Waals surface area contributed by atoms with E-state index in [9.17, 15) is 19.7 Å². The second-order valence-corrected chi connectivity index (χ2v) is 7.26. The zero-order valence-electron chi connectivity index (χ0n) is 16.8. The van der Waals surface area contributed by atoms with Crippen LogP contribution in [0, 0.1) is 16.0 Å². The highest BCUT2D eigenvalue weighted by atomic mass is 16.6. The fraction of sp³-hybridized carbons (Fsp3) is 0.579. The number of methoxy groups -OCH3 is 1. The number of rotatable bonds is 8. The Kier molecular flexibility index (Phi) is 7.33. The van der Waals surface area contributed by atoms with Crippen LogP contribution >= 0.6 is 0 Å². The smallest absolute Gasteiger partial charge is 0.293 e. The minimum atomic E-state index is -0.599. The Morgan fingerprint density at radius 2 is 2.11 bits per heavy atom. The summed E-state index contributed by atoms with van der Waals surface area (Å²) >= 11 is 0. The molecule has 0 aliphatic carbocycles. The zero-order chi connectivity index (χ0) is 20.8. The number of hydrogen-bond donors (Lipinski definition) is 1. The van der Waals surface area contributed by atoms with Crippen molar-refractivity contribution in [2.75, 3.05) is 45.2 Å². The summed E-state index contributed by atoms with van der Waals surface area (Å²) in [7, 11) is 1.54. The number of anilines is 1. The van der Waals surface area contributed by atoms with Crippen molar-refractivity contribution in [3.8, 4) is 0 Å². The van der Waals surface area contributed by atoms with Crippen molar-refractivity contribution in [3.05, 3.63) is 33.9 Å². The van der Waals surface area contributed by atoms with Crippen LogP contribution in [0.2, 0.25) is 0 Å². The summed E-state index contributed by atoms with van der Waals surface area (Å²) in [6.45, 7) is 8.10. The lowest BCUT2D eigenvalue weighted by atomic mass is 10.1. The number of carbonyl (C=O) groups is 2. The van der Waals surface area contributed by atoms with Crippen LogP contribution in [-0.2, 0) is 9.53 Å². The molecule has 1 aromatic rings. The first-order valence-corrected chi connectivity index (χ1v) is 9.37. The van der Waals surface area contributed by atoms with E-state index in [0.717, 1.165) is 0 Å². The van der Waals surface area contributed by atoms with Crippen molar-refractivity contribution >= 4 is 23.2 Å². The van der Waals surface area contributed by atoms with Crippen LogP contribution in [0.15, 0.2) is 18.2 Å². The first-order valence-electron chi connectivity index (χ1n) is 9.37. The first kappa shape index (κ1) is 21.6. The molecule has 0 saturated carbocycles. The lowest BCUT2D eigenvalue weighted by Gasteiger charge is -2.39. The third-order valence-corrected chi connectivity index (χ3v) is 4.66. The fourth-order valence-corrected chi connectivity index (χ4v) is 3.25. The average Bonchev–Trinajstić information content (AvgIpc) is 2.65. The van der Waals surface area contributed by atoms with Crippen LogP contribution in [0.3, 0.4) is 0 Å². The molecule has 9 nitrogen and oxygen atoms in total. The molecule has 1 aliphatic heterocycles. The van der Waals surface area contributed by atoms with E-state index in [4.69, 9.17) is 4.74 Å². The number of benzene rings is 1. The fourth-order valence-electron chi connectivity index (χ4n) is 3.25. The van der Waals surface area contributed by atoms with Crippen LogP contribution in [0.4, 0.5) is 11.4 Å². The Morgan fingerprint density at radius 1 is 1.39 bits per heavy atom. The van der Waals surface area contributed by atoms with E-state index in [1.54, 1.807) is 25.0 Å². The quantitative estimate of drug-likeness (QED) is 0.412. The minimum Gasteiger partial charge on any atom is -0.383 e. The molecule has 0 bridgehead atoms. The average molecular weight is 392 g/mol. The van der Waals surface area contributed by atoms with Gasteiger partial charge in [0.2, 0.25) is 5.91 Å². The molecule has 1 atom stereocenters. The molecular weight excluding hydrogens is 364 g/mol. The number of nitro benzene ring substituents is 1. The molecule has 1 heterocycles. The third-order valence-electron chi connectivity index (χ3n) is 4.66. The zero-order valence-corrected chi connectivity index (χ0v) is 16.8. The van der Waals surface area contributed by atoms with E-state index in [-0.39, 0.29) is 23.1 Å². The Hall–Kier alpha value is -2.68. The summed E-state index contributed by atoms with van der Waals surface area (Å²) < 4.78 is 4.93. The normalized spacial score (nSPS) is 17.2. The predicted molar refractivity (Wildman–Crippen MR) is 105 cm³/mol. The first-order chi connectivity index (χ1) is 13.3. The lowest BCUT2D eigenvalue weighted by molar-refractivity contribution is -0.384. The molecular formula is C19H28N4O5. The van der Waals surface area contributed by atoms with Gasteiger partial charge in [-0.1, -0.05) is 13.8 Å². The standard InChI is InChI=1S/C19H28N4O5/c1-13(2)12-21-8-9-22(14(3)18(21)24)19(25)15-5-6-16(20-7-10-28-4)17(11-15)23(26)27/h5-6,11,13-14,20H,7-10,12H2,1-4H3/t14-/m1/s1. The molecule has 1 aliphatic rings. The summed E-state index contributed by atoms with van der Waals surface area (Å²) in [5.74, 6) is -0.128. The molecule has 1 N–H and O–H groups in total. The Bertz CT molecular complexity index is 737. The number of nitrogens with zero attached hydrogens (tertiary/aromatic N) is 3. The molecule has 0 spiro atoms. The number of carbonyl (C=O) groups excluding carboxylic acids is 2. The largest absolute Gasteiger partial charge is 0.383 e. The number of nitrogens with one attached hydrogen (secondary N) is 1. The van der Waals surface area contributed by atoms with Gasteiger partial charge in [0.05, 0.1) is 11.5 Å². The van der Waals surface area contributed by atoms with Crippen molar-refractivity contribution in [1.82, 2.24) is 9.80 Å². The maximum Gasteiger partial charge on any atom is 0.293 e. The minimum absolute atomic E-state index is 0.0966. The van der Waals surface area contributed by atoms with E-state index in [1.165, 1.54) is 17.0 Å². The van der Waals surface area contributed by atoms with Crippen LogP contribution in [-0.4, -0.2) is 72.5 Å². The Labute approximate surface area is 164 Å². The van der Waals surface area contributed by atoms with Crippen molar-refractivity contribution < 1.29 is 19.2 Å². The SMILES string of the molecule is COCCNc1ccc(C(=O)N2CCN(CC(C)C)C(=O)[C@H]2C)cc1[N+](=O)[O-]. The highest BCUT2D eigenvalue weighted by Gasteiger charge is 2.35. The second-order valence-electron chi connectivity index (χ2n) is 7.26. The Balaban J connectivity index is 2.18.